The van der Waals surface area contributed by atoms with E-state index in [-0.39, 0.29) is 22.1 Å². The van der Waals surface area contributed by atoms with Crippen LogP contribution in [0.15, 0.2) is 75.1 Å². The number of aryl methyl sites for hydroxylation is 1. The number of ether oxygens (including phenoxy) is 1. The number of sulfonamides is 1. The molecule has 0 saturated heterocycles. The second-order valence-electron chi connectivity index (χ2n) is 7.15. The van der Waals surface area contributed by atoms with Gasteiger partial charge in [0, 0.05) is 0 Å². The van der Waals surface area contributed by atoms with E-state index in [1.54, 1.807) is 18.2 Å². The molecule has 3 aromatic rings. The summed E-state index contributed by atoms with van der Waals surface area (Å²) in [6, 6.07) is 14.0. The Morgan fingerprint density at radius 1 is 1.18 bits per heavy atom. The summed E-state index contributed by atoms with van der Waals surface area (Å²) < 4.78 is 46.3. The number of aromatic hydroxyl groups is 1. The Hall–Kier alpha value is -3.44. The molecule has 0 aliphatic rings. The lowest BCUT2D eigenvalue weighted by Crippen LogP contribution is -2.39. The molecule has 3 rings (SSSR count). The second kappa shape index (κ2) is 10.7. The minimum absolute atomic E-state index is 0.0141. The monoisotopic (exact) mass is 549 g/mol. The van der Waals surface area contributed by atoms with Gasteiger partial charge in [0.25, 0.3) is 15.9 Å². The number of benzene rings is 3. The summed E-state index contributed by atoms with van der Waals surface area (Å²) in [5, 5.41) is 13.7. The van der Waals surface area contributed by atoms with Crippen LogP contribution in [0.25, 0.3) is 0 Å². The highest BCUT2D eigenvalue weighted by Crippen LogP contribution is 2.34. The number of amides is 1. The molecule has 34 heavy (non-hydrogen) atoms. The van der Waals surface area contributed by atoms with Crippen molar-refractivity contribution in [2.24, 2.45) is 5.10 Å². The van der Waals surface area contributed by atoms with Crippen LogP contribution in [-0.4, -0.2) is 39.3 Å². The van der Waals surface area contributed by atoms with E-state index in [2.05, 4.69) is 26.5 Å². The van der Waals surface area contributed by atoms with Crippen molar-refractivity contribution in [2.75, 3.05) is 18.0 Å². The maximum Gasteiger partial charge on any atom is 0.264 e. The van der Waals surface area contributed by atoms with Gasteiger partial charge < -0.3 is 9.84 Å². The van der Waals surface area contributed by atoms with Crippen LogP contribution in [0.1, 0.15) is 11.1 Å². The van der Waals surface area contributed by atoms with Gasteiger partial charge in [-0.1, -0.05) is 17.7 Å². The molecule has 0 aliphatic heterocycles. The lowest BCUT2D eigenvalue weighted by Gasteiger charge is -2.23. The Morgan fingerprint density at radius 2 is 1.82 bits per heavy atom. The number of hydrazone groups is 1. The number of phenolic OH excluding ortho intramolecular Hbond substituents is 1. The predicted octanol–water partition coefficient (Wildman–Crippen LogP) is 3.96. The van der Waals surface area contributed by atoms with Crippen molar-refractivity contribution in [2.45, 2.75) is 11.8 Å². The summed E-state index contributed by atoms with van der Waals surface area (Å²) in [5.41, 5.74) is 3.77. The van der Waals surface area contributed by atoms with Crippen LogP contribution >= 0.6 is 15.9 Å². The van der Waals surface area contributed by atoms with Gasteiger partial charge in [0.05, 0.1) is 28.4 Å². The van der Waals surface area contributed by atoms with Crippen LogP contribution in [0.2, 0.25) is 0 Å². The molecule has 0 unspecified atom stereocenters. The highest BCUT2D eigenvalue weighted by atomic mass is 79.9. The fraction of sp³-hybridized carbons (Fsp3) is 0.130. The number of halogens is 2. The van der Waals surface area contributed by atoms with Crippen LogP contribution in [0, 0.1) is 12.7 Å². The number of hydrogen-bond acceptors (Lipinski definition) is 6. The molecule has 178 valence electrons. The van der Waals surface area contributed by atoms with Crippen molar-refractivity contribution >= 4 is 43.8 Å². The second-order valence-corrected chi connectivity index (χ2v) is 9.86. The maximum absolute atomic E-state index is 13.4. The first kappa shape index (κ1) is 25.2. The lowest BCUT2D eigenvalue weighted by molar-refractivity contribution is -0.119. The van der Waals surface area contributed by atoms with Crippen molar-refractivity contribution in [3.05, 3.63) is 82.1 Å². The van der Waals surface area contributed by atoms with Gasteiger partial charge in [-0.3, -0.25) is 9.10 Å². The average molecular weight is 550 g/mol. The number of carbonyl (C=O) groups is 1. The smallest absolute Gasteiger partial charge is 0.264 e. The average Bonchev–Trinajstić information content (AvgIpc) is 2.80. The van der Waals surface area contributed by atoms with Crippen molar-refractivity contribution in [1.82, 2.24) is 5.43 Å². The molecule has 0 aliphatic carbocycles. The number of hydrogen-bond donors (Lipinski definition) is 2. The van der Waals surface area contributed by atoms with Crippen LogP contribution in [0.5, 0.6) is 11.5 Å². The van der Waals surface area contributed by atoms with Crippen molar-refractivity contribution in [3.63, 3.8) is 0 Å². The molecular weight excluding hydrogens is 529 g/mol. The summed E-state index contributed by atoms with van der Waals surface area (Å²) in [4.78, 5) is 12.6. The number of methoxy groups -OCH3 is 1. The van der Waals surface area contributed by atoms with E-state index >= 15 is 0 Å². The van der Waals surface area contributed by atoms with Gasteiger partial charge in [0.2, 0.25) is 0 Å². The molecule has 0 aromatic heterocycles. The minimum Gasteiger partial charge on any atom is -0.503 e. The third-order valence-electron chi connectivity index (χ3n) is 4.68. The highest BCUT2D eigenvalue weighted by molar-refractivity contribution is 9.10. The van der Waals surface area contributed by atoms with Crippen LogP contribution in [0.4, 0.5) is 10.1 Å². The van der Waals surface area contributed by atoms with Gasteiger partial charge in [0.1, 0.15) is 12.4 Å². The molecule has 2 N–H and O–H groups in total. The lowest BCUT2D eigenvalue weighted by atomic mass is 10.2. The number of anilines is 1. The zero-order valence-electron chi connectivity index (χ0n) is 18.2. The molecule has 0 heterocycles. The van der Waals surface area contributed by atoms with Crippen LogP contribution in [-0.2, 0) is 14.8 Å². The summed E-state index contributed by atoms with van der Waals surface area (Å²) >= 11 is 3.19. The molecule has 0 bridgehead atoms. The maximum atomic E-state index is 13.4. The van der Waals surface area contributed by atoms with E-state index in [1.807, 2.05) is 6.92 Å². The molecule has 8 nitrogen and oxygen atoms in total. The Kier molecular flexibility index (Phi) is 7.90. The standard InChI is InChI=1S/C23H21BrFN3O5S/c1-15-3-9-19(10-4-15)34(31,32)28(18-7-5-17(25)6-8-18)14-22(29)27-26-13-16-11-20(24)23(30)21(12-16)33-2/h3-13,30H,14H2,1-2H3,(H,27,29)/b26-13-. The largest absolute Gasteiger partial charge is 0.503 e. The van der Waals surface area contributed by atoms with E-state index in [4.69, 9.17) is 4.74 Å². The minimum atomic E-state index is -4.13. The van der Waals surface area contributed by atoms with Crippen molar-refractivity contribution in [3.8, 4) is 11.5 Å². The van der Waals surface area contributed by atoms with Gasteiger partial charge in [0.15, 0.2) is 11.5 Å². The summed E-state index contributed by atoms with van der Waals surface area (Å²) in [5.74, 6) is -1.14. The molecule has 1 amide bonds. The van der Waals surface area contributed by atoms with E-state index in [0.717, 1.165) is 22.0 Å². The third kappa shape index (κ3) is 5.91. The van der Waals surface area contributed by atoms with Gasteiger partial charge in [-0.25, -0.2) is 18.2 Å². The first-order valence-corrected chi connectivity index (χ1v) is 12.1. The van der Waals surface area contributed by atoms with Crippen molar-refractivity contribution < 1.29 is 27.4 Å². The van der Waals surface area contributed by atoms with Crippen LogP contribution < -0.4 is 14.5 Å². The molecule has 3 aromatic carbocycles. The highest BCUT2D eigenvalue weighted by Gasteiger charge is 2.27. The Labute approximate surface area is 204 Å². The SMILES string of the molecule is COc1cc(/C=N\NC(=O)CN(c2ccc(F)cc2)S(=O)(=O)c2ccc(C)cc2)cc(Br)c1O. The number of rotatable bonds is 8. The third-order valence-corrected chi connectivity index (χ3v) is 7.08. The Morgan fingerprint density at radius 3 is 2.44 bits per heavy atom. The number of nitrogens with zero attached hydrogens (tertiary/aromatic N) is 2. The summed E-state index contributed by atoms with van der Waals surface area (Å²) in [6.07, 6.45) is 1.31. The summed E-state index contributed by atoms with van der Waals surface area (Å²) in [7, 11) is -2.74. The quantitative estimate of drug-likeness (QED) is 0.326. The van der Waals surface area contributed by atoms with Crippen molar-refractivity contribution in [1.29, 1.82) is 0 Å². The fourth-order valence-electron chi connectivity index (χ4n) is 2.93. The zero-order valence-corrected chi connectivity index (χ0v) is 20.6. The van der Waals surface area contributed by atoms with Gasteiger partial charge in [-0.05, 0) is 76.9 Å². The van der Waals surface area contributed by atoms with E-state index in [0.29, 0.717) is 10.0 Å². The first-order chi connectivity index (χ1) is 16.1. The number of carbonyl (C=O) groups excluding carboxylic acids is 1. The van der Waals surface area contributed by atoms with E-state index in [1.165, 1.54) is 43.7 Å². The van der Waals surface area contributed by atoms with Gasteiger partial charge in [-0.15, -0.1) is 0 Å². The normalized spacial score (nSPS) is 11.4. The van der Waals surface area contributed by atoms with E-state index in [9.17, 15) is 22.7 Å². The molecule has 0 saturated carbocycles. The first-order valence-electron chi connectivity index (χ1n) is 9.85. The topological polar surface area (TPSA) is 108 Å². The molecular formula is C23H21BrFN3O5S. The molecule has 0 spiro atoms. The molecule has 0 radical (unpaired) electrons. The zero-order chi connectivity index (χ0) is 24.9. The molecule has 0 fully saturated rings. The number of phenols is 1. The Bertz CT molecular complexity index is 1310. The van der Waals surface area contributed by atoms with Crippen LogP contribution in [0.3, 0.4) is 0 Å². The Balaban J connectivity index is 1.83. The summed E-state index contributed by atoms with van der Waals surface area (Å²) in [6.45, 7) is 1.23. The predicted molar refractivity (Wildman–Crippen MR) is 130 cm³/mol. The van der Waals surface area contributed by atoms with E-state index < -0.39 is 28.3 Å². The molecule has 0 atom stereocenters. The molecule has 11 heteroatoms. The van der Waals surface area contributed by atoms with Gasteiger partial charge >= 0.3 is 0 Å². The number of nitrogens with one attached hydrogen (secondary N) is 1. The van der Waals surface area contributed by atoms with Gasteiger partial charge in [-0.2, -0.15) is 5.10 Å². The fourth-order valence-corrected chi connectivity index (χ4v) is 4.81.